The maximum absolute atomic E-state index is 11.1. The second kappa shape index (κ2) is 5.50. The molecule has 0 radical (unpaired) electrons. The molecule has 0 aliphatic rings. The second-order valence-electron chi connectivity index (χ2n) is 4.14. The Morgan fingerprint density at radius 1 is 1.44 bits per heavy atom. The van der Waals surface area contributed by atoms with Gasteiger partial charge < -0.3 is 5.73 Å². The number of rotatable bonds is 4. The summed E-state index contributed by atoms with van der Waals surface area (Å²) in [5, 5.41) is 0. The van der Waals surface area contributed by atoms with Crippen LogP contribution in [-0.2, 0) is 4.79 Å². The summed E-state index contributed by atoms with van der Waals surface area (Å²) in [6.45, 7) is 5.94. The summed E-state index contributed by atoms with van der Waals surface area (Å²) in [7, 11) is 0. The van der Waals surface area contributed by atoms with Crippen LogP contribution in [0.25, 0.3) is 5.57 Å². The van der Waals surface area contributed by atoms with Gasteiger partial charge in [-0.25, -0.2) is 0 Å². The summed E-state index contributed by atoms with van der Waals surface area (Å²) in [5.74, 6) is -0.362. The average Bonchev–Trinajstić information content (AvgIpc) is 2.26. The smallest absolute Gasteiger partial charge is 0.220 e. The van der Waals surface area contributed by atoms with Gasteiger partial charge in [0.2, 0.25) is 5.91 Å². The van der Waals surface area contributed by atoms with Crippen LogP contribution in [0.5, 0.6) is 0 Å². The third-order valence-electron chi connectivity index (χ3n) is 2.85. The Hall–Kier alpha value is -1.57. The minimum absolute atomic E-state index is 0.120. The van der Waals surface area contributed by atoms with Gasteiger partial charge in [0, 0.05) is 5.92 Å². The Kier molecular flexibility index (Phi) is 4.29. The average molecular weight is 217 g/mol. The summed E-state index contributed by atoms with van der Waals surface area (Å²) in [6.07, 6.45) is 2.76. The first kappa shape index (κ1) is 12.5. The van der Waals surface area contributed by atoms with Crippen molar-refractivity contribution < 1.29 is 4.79 Å². The zero-order chi connectivity index (χ0) is 12.1. The van der Waals surface area contributed by atoms with E-state index in [1.807, 2.05) is 26.0 Å². The molecule has 86 valence electrons. The Labute approximate surface area is 97.2 Å². The third-order valence-corrected chi connectivity index (χ3v) is 2.85. The van der Waals surface area contributed by atoms with Crippen molar-refractivity contribution in [2.45, 2.75) is 27.2 Å². The molecule has 0 aromatic heterocycles. The van der Waals surface area contributed by atoms with E-state index in [0.29, 0.717) is 6.42 Å². The van der Waals surface area contributed by atoms with Gasteiger partial charge in [0.1, 0.15) is 0 Å². The van der Waals surface area contributed by atoms with Crippen molar-refractivity contribution in [2.75, 3.05) is 0 Å². The Morgan fingerprint density at radius 3 is 2.56 bits per heavy atom. The molecule has 2 heteroatoms. The van der Waals surface area contributed by atoms with Crippen LogP contribution in [-0.4, -0.2) is 5.91 Å². The van der Waals surface area contributed by atoms with E-state index < -0.39 is 0 Å². The Morgan fingerprint density at radius 2 is 2.06 bits per heavy atom. The van der Waals surface area contributed by atoms with Gasteiger partial charge in [0.05, 0.1) is 0 Å². The Balaban J connectivity index is 2.93. The predicted octanol–water partition coefficient (Wildman–Crippen LogP) is 2.91. The normalized spacial score (nSPS) is 13.6. The topological polar surface area (TPSA) is 43.1 Å². The lowest BCUT2D eigenvalue weighted by Gasteiger charge is -2.13. The molecule has 1 atom stereocenters. The number of aryl methyl sites for hydroxylation is 1. The van der Waals surface area contributed by atoms with E-state index in [-0.39, 0.29) is 11.8 Å². The highest BCUT2D eigenvalue weighted by Gasteiger charge is 2.13. The van der Waals surface area contributed by atoms with E-state index in [0.717, 1.165) is 0 Å². The monoisotopic (exact) mass is 217 g/mol. The van der Waals surface area contributed by atoms with Gasteiger partial charge in [-0.05, 0) is 37.0 Å². The molecular formula is C14H19NO. The first-order valence-corrected chi connectivity index (χ1v) is 5.56. The number of primary amides is 1. The van der Waals surface area contributed by atoms with Crippen LogP contribution in [0.1, 0.15) is 31.4 Å². The lowest BCUT2D eigenvalue weighted by Crippen LogP contribution is -2.20. The second-order valence-corrected chi connectivity index (χ2v) is 4.14. The fourth-order valence-corrected chi connectivity index (χ4v) is 1.75. The molecule has 1 rings (SSSR count). The van der Waals surface area contributed by atoms with Crippen LogP contribution >= 0.6 is 0 Å². The number of nitrogens with two attached hydrogens (primary N) is 1. The molecule has 2 nitrogen and oxygen atoms in total. The highest BCUT2D eigenvalue weighted by atomic mass is 16.1. The molecule has 0 heterocycles. The first-order chi connectivity index (χ1) is 7.56. The molecule has 0 fully saturated rings. The van der Waals surface area contributed by atoms with Crippen molar-refractivity contribution in [1.82, 2.24) is 0 Å². The molecule has 2 N–H and O–H groups in total. The first-order valence-electron chi connectivity index (χ1n) is 5.56. The SMILES string of the molecule is C/C=C(/C[C@H](C)C(N)=O)c1ccccc1C. The number of carbonyl (C=O) groups is 1. The molecule has 0 aliphatic heterocycles. The van der Waals surface area contributed by atoms with E-state index in [2.05, 4.69) is 25.1 Å². The van der Waals surface area contributed by atoms with Crippen molar-refractivity contribution in [2.24, 2.45) is 11.7 Å². The zero-order valence-electron chi connectivity index (χ0n) is 10.2. The Bertz CT molecular complexity index is 407. The summed E-state index contributed by atoms with van der Waals surface area (Å²) in [4.78, 5) is 11.1. The zero-order valence-corrected chi connectivity index (χ0v) is 10.2. The number of allylic oxidation sites excluding steroid dienone is 2. The summed E-state index contributed by atoms with van der Waals surface area (Å²) in [5.41, 5.74) is 8.91. The van der Waals surface area contributed by atoms with E-state index in [4.69, 9.17) is 5.73 Å². The fraction of sp³-hybridized carbons (Fsp3) is 0.357. The van der Waals surface area contributed by atoms with Crippen molar-refractivity contribution in [3.05, 3.63) is 41.5 Å². The molecular weight excluding hydrogens is 198 g/mol. The van der Waals surface area contributed by atoms with E-state index in [9.17, 15) is 4.79 Å². The van der Waals surface area contributed by atoms with Crippen molar-refractivity contribution in [3.63, 3.8) is 0 Å². The molecule has 0 unspecified atom stereocenters. The highest BCUT2D eigenvalue weighted by molar-refractivity contribution is 5.79. The van der Waals surface area contributed by atoms with Crippen LogP contribution in [0.2, 0.25) is 0 Å². The van der Waals surface area contributed by atoms with Gasteiger partial charge in [-0.2, -0.15) is 0 Å². The number of hydrogen-bond donors (Lipinski definition) is 1. The largest absolute Gasteiger partial charge is 0.369 e. The minimum Gasteiger partial charge on any atom is -0.369 e. The van der Waals surface area contributed by atoms with Crippen LogP contribution in [0, 0.1) is 12.8 Å². The minimum atomic E-state index is -0.243. The molecule has 0 saturated heterocycles. The van der Waals surface area contributed by atoms with Crippen LogP contribution in [0.4, 0.5) is 0 Å². The number of amides is 1. The molecule has 0 aliphatic carbocycles. The number of benzene rings is 1. The molecule has 1 aromatic carbocycles. The van der Waals surface area contributed by atoms with E-state index in [1.54, 1.807) is 0 Å². The maximum Gasteiger partial charge on any atom is 0.220 e. The molecule has 1 aromatic rings. The molecule has 1 amide bonds. The van der Waals surface area contributed by atoms with Crippen LogP contribution < -0.4 is 5.73 Å². The highest BCUT2D eigenvalue weighted by Crippen LogP contribution is 2.25. The third kappa shape index (κ3) is 2.96. The van der Waals surface area contributed by atoms with Gasteiger partial charge in [-0.1, -0.05) is 37.3 Å². The van der Waals surface area contributed by atoms with Gasteiger partial charge in [-0.3, -0.25) is 4.79 Å². The van der Waals surface area contributed by atoms with Crippen molar-refractivity contribution in [1.29, 1.82) is 0 Å². The molecule has 0 bridgehead atoms. The lowest BCUT2D eigenvalue weighted by molar-refractivity contribution is -0.121. The standard InChI is InChI=1S/C14H19NO/c1-4-12(9-11(3)14(15)16)13-8-6-5-7-10(13)2/h4-8,11H,9H2,1-3H3,(H2,15,16)/b12-4-/t11-/m0/s1. The van der Waals surface area contributed by atoms with Gasteiger partial charge in [0.25, 0.3) is 0 Å². The quantitative estimate of drug-likeness (QED) is 0.828. The van der Waals surface area contributed by atoms with E-state index in [1.165, 1.54) is 16.7 Å². The predicted molar refractivity (Wildman–Crippen MR) is 67.8 cm³/mol. The number of hydrogen-bond acceptors (Lipinski definition) is 1. The fourth-order valence-electron chi connectivity index (χ4n) is 1.75. The van der Waals surface area contributed by atoms with Crippen LogP contribution in [0.15, 0.2) is 30.3 Å². The van der Waals surface area contributed by atoms with Gasteiger partial charge >= 0.3 is 0 Å². The molecule has 0 saturated carbocycles. The molecule has 16 heavy (non-hydrogen) atoms. The van der Waals surface area contributed by atoms with Crippen LogP contribution in [0.3, 0.4) is 0 Å². The summed E-state index contributed by atoms with van der Waals surface area (Å²) >= 11 is 0. The van der Waals surface area contributed by atoms with Gasteiger partial charge in [-0.15, -0.1) is 0 Å². The van der Waals surface area contributed by atoms with Gasteiger partial charge in [0.15, 0.2) is 0 Å². The summed E-state index contributed by atoms with van der Waals surface area (Å²) in [6, 6.07) is 8.19. The summed E-state index contributed by atoms with van der Waals surface area (Å²) < 4.78 is 0. The van der Waals surface area contributed by atoms with Crippen molar-refractivity contribution >= 4 is 11.5 Å². The lowest BCUT2D eigenvalue weighted by atomic mass is 9.92. The van der Waals surface area contributed by atoms with E-state index >= 15 is 0 Å². The molecule has 0 spiro atoms. The number of carbonyl (C=O) groups excluding carboxylic acids is 1. The maximum atomic E-state index is 11.1. The van der Waals surface area contributed by atoms with Crippen molar-refractivity contribution in [3.8, 4) is 0 Å².